The third kappa shape index (κ3) is 7.03. The predicted octanol–water partition coefficient (Wildman–Crippen LogP) is 3.96. The number of anilines is 1. The number of benzene rings is 4. The summed E-state index contributed by atoms with van der Waals surface area (Å²) in [4.78, 5) is 41.7. The molecule has 268 valence electrons. The Morgan fingerprint density at radius 3 is 2.38 bits per heavy atom. The van der Waals surface area contributed by atoms with Crippen LogP contribution in [0.3, 0.4) is 0 Å². The molecule has 0 bridgehead atoms. The van der Waals surface area contributed by atoms with E-state index in [1.165, 1.54) is 21.8 Å². The minimum Gasteiger partial charge on any atom is -0.473 e. The molecule has 0 unspecified atom stereocenters. The zero-order valence-corrected chi connectivity index (χ0v) is 28.1. The summed E-state index contributed by atoms with van der Waals surface area (Å²) in [6.45, 7) is 0.341. The number of rotatable bonds is 12. The summed E-state index contributed by atoms with van der Waals surface area (Å²) < 4.78 is 20.6. The molecule has 7 aromatic rings. The van der Waals surface area contributed by atoms with Crippen LogP contribution in [0.15, 0.2) is 121 Å². The van der Waals surface area contributed by atoms with E-state index in [9.17, 15) is 19.8 Å². The molecule has 1 amide bonds. The fourth-order valence-corrected chi connectivity index (χ4v) is 6.17. The molecule has 0 aliphatic carbocycles. The van der Waals surface area contributed by atoms with Crippen LogP contribution in [0, 0.1) is 0 Å². The van der Waals surface area contributed by atoms with Crippen LogP contribution in [0.1, 0.15) is 22.1 Å². The first-order valence-electron chi connectivity index (χ1n) is 16.8. The highest BCUT2D eigenvalue weighted by atomic mass is 16.6. The van der Waals surface area contributed by atoms with Gasteiger partial charge in [-0.25, -0.2) is 19.7 Å². The van der Waals surface area contributed by atoms with E-state index in [2.05, 4.69) is 30.6 Å². The highest BCUT2D eigenvalue weighted by Crippen LogP contribution is 2.32. The fraction of sp³-hybridized carbons (Fsp3) is 0.184. The number of nitrogens with one attached hydrogen (secondary N) is 3. The predicted molar refractivity (Wildman–Crippen MR) is 193 cm³/mol. The van der Waals surface area contributed by atoms with Crippen molar-refractivity contribution in [2.45, 2.75) is 37.8 Å². The van der Waals surface area contributed by atoms with E-state index in [0.29, 0.717) is 46.1 Å². The number of amides is 1. The van der Waals surface area contributed by atoms with Crippen LogP contribution in [0.4, 0.5) is 5.82 Å². The van der Waals surface area contributed by atoms with Gasteiger partial charge in [0, 0.05) is 18.7 Å². The second-order valence-corrected chi connectivity index (χ2v) is 12.4. The molecule has 1 aliphatic heterocycles. The molecular weight excluding hydrogens is 680 g/mol. The summed E-state index contributed by atoms with van der Waals surface area (Å²) in [5, 5.41) is 27.9. The largest absolute Gasteiger partial charge is 0.473 e. The van der Waals surface area contributed by atoms with Crippen LogP contribution in [-0.4, -0.2) is 70.0 Å². The van der Waals surface area contributed by atoms with Gasteiger partial charge in [0.2, 0.25) is 0 Å². The van der Waals surface area contributed by atoms with Gasteiger partial charge < -0.3 is 40.0 Å². The Labute approximate surface area is 301 Å². The topological polar surface area (TPSA) is 191 Å². The molecule has 8 rings (SSSR count). The Kier molecular flexibility index (Phi) is 9.25. The maximum Gasteiger partial charge on any atom is 0.329 e. The highest BCUT2D eigenvalue weighted by molar-refractivity contribution is 5.97. The number of carbonyl (C=O) groups is 1. The van der Waals surface area contributed by atoms with Gasteiger partial charge in [0.1, 0.15) is 41.9 Å². The molecule has 3 aromatic heterocycles. The van der Waals surface area contributed by atoms with Crippen LogP contribution < -0.4 is 25.8 Å². The fourth-order valence-electron chi connectivity index (χ4n) is 6.17. The molecule has 4 atom stereocenters. The number of aromatic amines is 1. The molecule has 15 heteroatoms. The number of imidazole rings is 2. The van der Waals surface area contributed by atoms with Gasteiger partial charge in [-0.2, -0.15) is 0 Å². The number of aliphatic hydroxyl groups excluding tert-OH is 2. The number of H-pyrrole nitrogens is 1. The highest BCUT2D eigenvalue weighted by Gasteiger charge is 2.44. The summed E-state index contributed by atoms with van der Waals surface area (Å²) in [7, 11) is 0. The SMILES string of the molecule is O=C(NC[C@H]1O[C@@H](n2cnc3c(NCc4ccc(Oc5ccccc5)cc4)ncnc32)[C@H](O)[C@@H]1O)c1ccc2c(c1)[nH]c(=O)n2COc1ccccc1. The number of hydrogen-bond donors (Lipinski definition) is 5. The number of aromatic nitrogens is 6. The number of carbonyl (C=O) groups excluding carboxylic acids is 1. The number of hydrogen-bond acceptors (Lipinski definition) is 11. The van der Waals surface area contributed by atoms with Crippen LogP contribution in [0.5, 0.6) is 17.2 Å². The third-order valence-corrected chi connectivity index (χ3v) is 8.94. The Hall–Kier alpha value is -6.55. The monoisotopic (exact) mass is 714 g/mol. The van der Waals surface area contributed by atoms with Crippen LogP contribution >= 0.6 is 0 Å². The second kappa shape index (κ2) is 14.6. The quantitative estimate of drug-likeness (QED) is 0.123. The number of para-hydroxylation sites is 2. The maximum absolute atomic E-state index is 13.1. The molecule has 4 aromatic carbocycles. The van der Waals surface area contributed by atoms with Crippen LogP contribution in [0.2, 0.25) is 0 Å². The van der Waals surface area contributed by atoms with Crippen molar-refractivity contribution in [3.05, 3.63) is 137 Å². The lowest BCUT2D eigenvalue weighted by molar-refractivity contribution is -0.0337. The lowest BCUT2D eigenvalue weighted by Crippen LogP contribution is -2.39. The molecular formula is C38H34N8O7. The summed E-state index contributed by atoms with van der Waals surface area (Å²) in [5.74, 6) is 2.11. The van der Waals surface area contributed by atoms with Gasteiger partial charge in [-0.1, -0.05) is 48.5 Å². The Morgan fingerprint density at radius 1 is 0.868 bits per heavy atom. The van der Waals surface area contributed by atoms with E-state index < -0.39 is 30.4 Å². The maximum atomic E-state index is 13.1. The van der Waals surface area contributed by atoms with Gasteiger partial charge in [-0.05, 0) is 60.2 Å². The Balaban J connectivity index is 0.892. The minimum atomic E-state index is -1.34. The average Bonchev–Trinajstić information content (AvgIpc) is 3.85. The van der Waals surface area contributed by atoms with E-state index in [-0.39, 0.29) is 24.5 Å². The first-order valence-corrected chi connectivity index (χ1v) is 16.8. The Morgan fingerprint density at radius 2 is 1.60 bits per heavy atom. The van der Waals surface area contributed by atoms with Gasteiger partial charge in [0.05, 0.1) is 17.4 Å². The van der Waals surface area contributed by atoms with Crippen molar-refractivity contribution in [3.63, 3.8) is 0 Å². The lowest BCUT2D eigenvalue weighted by atomic mass is 10.1. The van der Waals surface area contributed by atoms with Crippen molar-refractivity contribution >= 4 is 33.9 Å². The summed E-state index contributed by atoms with van der Waals surface area (Å²) >= 11 is 0. The molecule has 1 aliphatic rings. The number of nitrogens with zero attached hydrogens (tertiary/aromatic N) is 5. The first-order chi connectivity index (χ1) is 25.9. The average molecular weight is 715 g/mol. The van der Waals surface area contributed by atoms with Crippen molar-refractivity contribution < 1.29 is 29.2 Å². The molecule has 1 saturated heterocycles. The van der Waals surface area contributed by atoms with E-state index in [4.69, 9.17) is 14.2 Å². The first kappa shape index (κ1) is 33.6. The zero-order valence-electron chi connectivity index (χ0n) is 28.1. The Bertz CT molecular complexity index is 2420. The van der Waals surface area contributed by atoms with E-state index >= 15 is 0 Å². The molecule has 5 N–H and O–H groups in total. The van der Waals surface area contributed by atoms with E-state index in [0.717, 1.165) is 11.3 Å². The minimum absolute atomic E-state index is 0.00860. The summed E-state index contributed by atoms with van der Waals surface area (Å²) in [6, 6.07) is 31.1. The van der Waals surface area contributed by atoms with E-state index in [1.54, 1.807) is 30.3 Å². The van der Waals surface area contributed by atoms with Gasteiger partial charge in [-0.15, -0.1) is 0 Å². The van der Waals surface area contributed by atoms with Gasteiger partial charge >= 0.3 is 5.69 Å². The number of aliphatic hydroxyl groups is 2. The molecule has 0 saturated carbocycles. The molecule has 0 spiro atoms. The molecule has 53 heavy (non-hydrogen) atoms. The smallest absolute Gasteiger partial charge is 0.329 e. The molecule has 1 fully saturated rings. The van der Waals surface area contributed by atoms with Crippen molar-refractivity contribution in [1.82, 2.24) is 34.4 Å². The zero-order chi connectivity index (χ0) is 36.3. The molecule has 15 nitrogen and oxygen atoms in total. The summed E-state index contributed by atoms with van der Waals surface area (Å²) in [6.07, 6.45) is -1.78. The van der Waals surface area contributed by atoms with E-state index in [1.807, 2.05) is 72.8 Å². The summed E-state index contributed by atoms with van der Waals surface area (Å²) in [5.41, 5.74) is 2.76. The molecule has 0 radical (unpaired) electrons. The van der Waals surface area contributed by atoms with Gasteiger partial charge in [0.15, 0.2) is 29.9 Å². The number of fused-ring (bicyclic) bond motifs is 2. The van der Waals surface area contributed by atoms with Crippen molar-refractivity contribution in [3.8, 4) is 17.2 Å². The van der Waals surface area contributed by atoms with Gasteiger partial charge in [-0.3, -0.25) is 13.9 Å². The van der Waals surface area contributed by atoms with Gasteiger partial charge in [0.25, 0.3) is 5.91 Å². The normalized spacial score (nSPS) is 18.3. The number of ether oxygens (including phenoxy) is 3. The van der Waals surface area contributed by atoms with Crippen molar-refractivity contribution in [2.24, 2.45) is 0 Å². The van der Waals surface area contributed by atoms with Crippen LogP contribution in [0.25, 0.3) is 22.2 Å². The third-order valence-electron chi connectivity index (χ3n) is 8.94. The van der Waals surface area contributed by atoms with Crippen molar-refractivity contribution in [1.29, 1.82) is 0 Å². The molecule has 4 heterocycles. The standard InChI is InChI=1S/C38H34N8O7/c47-32-30(19-40-36(49)24-13-16-29-28(17-24)44-38(50)46(29)22-51-25-7-3-1-4-8-25)53-37(33(32)48)45-21-43-31-34(41-20-42-35(31)45)39-18-23-11-14-27(15-12-23)52-26-9-5-2-6-10-26/h1-17,20-21,30,32-33,37,47-48H,18-19,22H2,(H,40,49)(H,44,50)(H,39,41,42)/t30-,32-,33-,37-/m1/s1. The van der Waals surface area contributed by atoms with Crippen LogP contribution in [-0.2, 0) is 18.0 Å². The second-order valence-electron chi connectivity index (χ2n) is 12.4. The lowest BCUT2D eigenvalue weighted by Gasteiger charge is -2.17. The van der Waals surface area contributed by atoms with Crippen molar-refractivity contribution in [2.75, 3.05) is 11.9 Å².